The topological polar surface area (TPSA) is 49.8 Å². The van der Waals surface area contributed by atoms with Crippen LogP contribution in [-0.2, 0) is 9.53 Å². The van der Waals surface area contributed by atoms with E-state index in [-0.39, 0.29) is 6.10 Å². The molecule has 0 spiro atoms. The van der Waals surface area contributed by atoms with Crippen molar-refractivity contribution in [2.45, 2.75) is 70.1 Å². The highest BCUT2D eigenvalue weighted by molar-refractivity contribution is 5.79. The van der Waals surface area contributed by atoms with Crippen LogP contribution in [0, 0.1) is 0 Å². The quantitative estimate of drug-likeness (QED) is 0.818. The monoisotopic (exact) mass is 255 g/mol. The van der Waals surface area contributed by atoms with Gasteiger partial charge in [0, 0.05) is 6.54 Å². The molecule has 0 amide bonds. The summed E-state index contributed by atoms with van der Waals surface area (Å²) < 4.78 is 5.84. The molecular weight excluding hydrogens is 230 g/mol. The van der Waals surface area contributed by atoms with Crippen LogP contribution in [0.3, 0.4) is 0 Å². The van der Waals surface area contributed by atoms with Crippen LogP contribution in [0.25, 0.3) is 0 Å². The number of rotatable bonds is 5. The Morgan fingerprint density at radius 1 is 1.50 bits per heavy atom. The molecule has 2 heterocycles. The third-order valence-electron chi connectivity index (χ3n) is 4.43. The van der Waals surface area contributed by atoms with Crippen LogP contribution < -0.4 is 0 Å². The third kappa shape index (κ3) is 2.54. The van der Waals surface area contributed by atoms with Gasteiger partial charge in [-0.3, -0.25) is 9.69 Å². The molecule has 0 bridgehead atoms. The summed E-state index contributed by atoms with van der Waals surface area (Å²) in [5.74, 6) is -0.645. The number of ether oxygens (including phenoxy) is 1. The minimum Gasteiger partial charge on any atom is -0.480 e. The Morgan fingerprint density at radius 2 is 2.28 bits per heavy atom. The number of hydrogen-bond acceptors (Lipinski definition) is 3. The lowest BCUT2D eigenvalue weighted by molar-refractivity contribution is -0.151. The van der Waals surface area contributed by atoms with Crippen molar-refractivity contribution >= 4 is 5.97 Å². The van der Waals surface area contributed by atoms with Gasteiger partial charge in [-0.25, -0.2) is 0 Å². The average Bonchev–Trinajstić information content (AvgIpc) is 2.88. The van der Waals surface area contributed by atoms with Crippen LogP contribution >= 0.6 is 0 Å². The second kappa shape index (κ2) is 5.57. The molecule has 3 unspecified atom stereocenters. The van der Waals surface area contributed by atoms with Crippen LogP contribution in [0.4, 0.5) is 0 Å². The third-order valence-corrected chi connectivity index (χ3v) is 4.43. The van der Waals surface area contributed by atoms with Crippen molar-refractivity contribution in [1.29, 1.82) is 0 Å². The zero-order valence-electron chi connectivity index (χ0n) is 11.5. The molecule has 0 aliphatic carbocycles. The number of carboxylic acid groups (broad SMARTS) is 1. The highest BCUT2D eigenvalue weighted by Gasteiger charge is 2.47. The minimum absolute atomic E-state index is 0.230. The van der Waals surface area contributed by atoms with Crippen molar-refractivity contribution in [3.8, 4) is 0 Å². The van der Waals surface area contributed by atoms with Gasteiger partial charge in [-0.15, -0.1) is 0 Å². The van der Waals surface area contributed by atoms with Crippen LogP contribution in [0.1, 0.15) is 52.4 Å². The largest absolute Gasteiger partial charge is 0.480 e. The summed E-state index contributed by atoms with van der Waals surface area (Å²) in [7, 11) is 0. The van der Waals surface area contributed by atoms with Gasteiger partial charge >= 0.3 is 5.97 Å². The second-order valence-corrected chi connectivity index (χ2v) is 5.78. The Morgan fingerprint density at radius 3 is 2.83 bits per heavy atom. The van der Waals surface area contributed by atoms with Crippen molar-refractivity contribution in [3.63, 3.8) is 0 Å². The van der Waals surface area contributed by atoms with E-state index in [0.717, 1.165) is 51.6 Å². The summed E-state index contributed by atoms with van der Waals surface area (Å²) in [5.41, 5.74) is -0.621. The molecule has 18 heavy (non-hydrogen) atoms. The average molecular weight is 255 g/mol. The normalized spacial score (nSPS) is 37.2. The molecule has 0 radical (unpaired) electrons. The van der Waals surface area contributed by atoms with Gasteiger partial charge in [0.15, 0.2) is 0 Å². The van der Waals surface area contributed by atoms with Crippen molar-refractivity contribution in [2.75, 3.05) is 13.1 Å². The minimum atomic E-state index is -0.645. The lowest BCUT2D eigenvalue weighted by Gasteiger charge is -2.36. The van der Waals surface area contributed by atoms with E-state index < -0.39 is 11.5 Å². The molecule has 3 atom stereocenters. The van der Waals surface area contributed by atoms with Crippen LogP contribution in [-0.4, -0.2) is 46.8 Å². The lowest BCUT2D eigenvalue weighted by atomic mass is 9.90. The van der Waals surface area contributed by atoms with Gasteiger partial charge in [-0.05, 0) is 45.6 Å². The molecule has 0 aromatic rings. The molecule has 2 saturated heterocycles. The van der Waals surface area contributed by atoms with Gasteiger partial charge in [0.05, 0.1) is 12.2 Å². The fraction of sp³-hybridized carbons (Fsp3) is 0.929. The van der Waals surface area contributed by atoms with E-state index >= 15 is 0 Å². The Balaban J connectivity index is 2.03. The van der Waals surface area contributed by atoms with Crippen molar-refractivity contribution in [2.24, 2.45) is 0 Å². The molecule has 2 fully saturated rings. The van der Waals surface area contributed by atoms with Crippen LogP contribution in [0.2, 0.25) is 0 Å². The summed E-state index contributed by atoms with van der Waals surface area (Å²) in [6.45, 7) is 5.85. The zero-order valence-corrected chi connectivity index (χ0v) is 11.5. The predicted molar refractivity (Wildman–Crippen MR) is 69.7 cm³/mol. The van der Waals surface area contributed by atoms with Gasteiger partial charge in [0.25, 0.3) is 0 Å². The van der Waals surface area contributed by atoms with Crippen molar-refractivity contribution in [1.82, 2.24) is 4.90 Å². The van der Waals surface area contributed by atoms with Crippen LogP contribution in [0.15, 0.2) is 0 Å². The van der Waals surface area contributed by atoms with E-state index in [0.29, 0.717) is 6.10 Å². The van der Waals surface area contributed by atoms with Crippen LogP contribution in [0.5, 0.6) is 0 Å². The number of likely N-dealkylation sites (tertiary alicyclic amines) is 1. The van der Waals surface area contributed by atoms with E-state index in [1.807, 2.05) is 0 Å². The highest BCUT2D eigenvalue weighted by Crippen LogP contribution is 2.35. The predicted octanol–water partition coefficient (Wildman–Crippen LogP) is 2.27. The molecule has 0 saturated carbocycles. The standard InChI is InChI=1S/C14H25NO3/c1-3-7-14(13(16)17)8-4-9-15(14)10-12-6-5-11(2)18-12/h11-12H,3-10H2,1-2H3,(H,16,17). The molecule has 4 nitrogen and oxygen atoms in total. The van der Waals surface area contributed by atoms with Gasteiger partial charge in [-0.2, -0.15) is 0 Å². The van der Waals surface area contributed by atoms with Crippen molar-refractivity contribution < 1.29 is 14.6 Å². The maximum absolute atomic E-state index is 11.7. The van der Waals surface area contributed by atoms with Gasteiger partial charge < -0.3 is 9.84 Å². The number of nitrogens with zero attached hydrogens (tertiary/aromatic N) is 1. The van der Waals surface area contributed by atoms with Gasteiger partial charge in [0.1, 0.15) is 5.54 Å². The molecular formula is C14H25NO3. The molecule has 2 aliphatic rings. The Bertz CT molecular complexity index is 307. The summed E-state index contributed by atoms with van der Waals surface area (Å²) in [6, 6.07) is 0. The fourth-order valence-electron chi connectivity index (χ4n) is 3.51. The summed E-state index contributed by atoms with van der Waals surface area (Å²) in [6.07, 6.45) is 6.20. The number of carboxylic acids is 1. The summed E-state index contributed by atoms with van der Waals surface area (Å²) in [4.78, 5) is 13.8. The van der Waals surface area contributed by atoms with Crippen molar-refractivity contribution in [3.05, 3.63) is 0 Å². The Kier molecular flexibility index (Phi) is 4.28. The van der Waals surface area contributed by atoms with E-state index in [1.165, 1.54) is 0 Å². The Labute approximate surface area is 109 Å². The maximum atomic E-state index is 11.7. The Hall–Kier alpha value is -0.610. The molecule has 2 rings (SSSR count). The molecule has 4 heteroatoms. The molecule has 1 N–H and O–H groups in total. The first kappa shape index (κ1) is 13.8. The SMILES string of the molecule is CCCC1(C(=O)O)CCCN1CC1CCC(C)O1. The van der Waals surface area contributed by atoms with E-state index in [9.17, 15) is 9.90 Å². The summed E-state index contributed by atoms with van der Waals surface area (Å²) in [5, 5.41) is 9.61. The maximum Gasteiger partial charge on any atom is 0.324 e. The number of hydrogen-bond donors (Lipinski definition) is 1. The number of aliphatic carboxylic acids is 1. The van der Waals surface area contributed by atoms with E-state index in [1.54, 1.807) is 0 Å². The van der Waals surface area contributed by atoms with Gasteiger partial charge in [-0.1, -0.05) is 13.3 Å². The first-order chi connectivity index (χ1) is 8.58. The highest BCUT2D eigenvalue weighted by atomic mass is 16.5. The summed E-state index contributed by atoms with van der Waals surface area (Å²) >= 11 is 0. The molecule has 0 aromatic carbocycles. The zero-order chi connectivity index (χ0) is 13.2. The number of carbonyl (C=O) groups is 1. The molecule has 2 aliphatic heterocycles. The molecule has 0 aromatic heterocycles. The smallest absolute Gasteiger partial charge is 0.324 e. The second-order valence-electron chi connectivity index (χ2n) is 5.78. The first-order valence-electron chi connectivity index (χ1n) is 7.22. The van der Waals surface area contributed by atoms with Gasteiger partial charge in [0.2, 0.25) is 0 Å². The first-order valence-corrected chi connectivity index (χ1v) is 7.22. The molecule has 104 valence electrons. The fourth-order valence-corrected chi connectivity index (χ4v) is 3.51. The van der Waals surface area contributed by atoms with E-state index in [2.05, 4.69) is 18.7 Å². The van der Waals surface area contributed by atoms with E-state index in [4.69, 9.17) is 4.74 Å². The lowest BCUT2D eigenvalue weighted by Crippen LogP contribution is -2.52.